The molecule has 3 unspecified atom stereocenters. The van der Waals surface area contributed by atoms with Gasteiger partial charge in [0.25, 0.3) is 0 Å². The van der Waals surface area contributed by atoms with Crippen LogP contribution in [0, 0.1) is 5.92 Å². The highest BCUT2D eigenvalue weighted by Crippen LogP contribution is 2.10. The fourth-order valence-electron chi connectivity index (χ4n) is 1.84. The molecule has 0 spiro atoms. The Balaban J connectivity index is 2.28. The molecule has 1 aliphatic heterocycles. The topological polar surface area (TPSA) is 38.5 Å². The maximum atomic E-state index is 6.12. The van der Waals surface area contributed by atoms with Crippen LogP contribution in [0.1, 0.15) is 27.2 Å². The third kappa shape index (κ3) is 3.56. The second kappa shape index (κ2) is 5.69. The first-order chi connectivity index (χ1) is 6.63. The summed E-state index contributed by atoms with van der Waals surface area (Å²) < 4.78 is 5.49. The van der Waals surface area contributed by atoms with Crippen LogP contribution in [-0.2, 0) is 4.74 Å². The Kier molecular flexibility index (Phi) is 4.85. The molecule has 3 nitrogen and oxygen atoms in total. The third-order valence-corrected chi connectivity index (χ3v) is 3.17. The average Bonchev–Trinajstić information content (AvgIpc) is 2.16. The number of morpholine rings is 1. The molecule has 1 saturated heterocycles. The first-order valence-corrected chi connectivity index (χ1v) is 5.73. The predicted octanol–water partition coefficient (Wildman–Crippen LogP) is 1.08. The maximum absolute atomic E-state index is 6.12. The van der Waals surface area contributed by atoms with Gasteiger partial charge in [0.1, 0.15) is 0 Å². The van der Waals surface area contributed by atoms with Crippen LogP contribution in [0.2, 0.25) is 0 Å². The van der Waals surface area contributed by atoms with Gasteiger partial charge in [0, 0.05) is 25.7 Å². The largest absolute Gasteiger partial charge is 0.376 e. The lowest BCUT2D eigenvalue weighted by Crippen LogP contribution is -2.48. The maximum Gasteiger partial charge on any atom is 0.0674 e. The Bertz CT molecular complexity index is 163. The van der Waals surface area contributed by atoms with Crippen LogP contribution < -0.4 is 5.73 Å². The predicted molar refractivity (Wildman–Crippen MR) is 59.3 cm³/mol. The zero-order valence-corrected chi connectivity index (χ0v) is 9.70. The summed E-state index contributed by atoms with van der Waals surface area (Å²) in [6, 6.07) is 0.310. The zero-order chi connectivity index (χ0) is 10.6. The van der Waals surface area contributed by atoms with E-state index in [1.807, 2.05) is 0 Å². The highest BCUT2D eigenvalue weighted by Gasteiger charge is 2.20. The van der Waals surface area contributed by atoms with E-state index in [9.17, 15) is 0 Å². The van der Waals surface area contributed by atoms with Crippen LogP contribution in [0.4, 0.5) is 0 Å². The number of ether oxygens (including phenoxy) is 1. The van der Waals surface area contributed by atoms with E-state index in [0.29, 0.717) is 18.1 Å². The minimum Gasteiger partial charge on any atom is -0.376 e. The third-order valence-electron chi connectivity index (χ3n) is 3.17. The van der Waals surface area contributed by atoms with Crippen molar-refractivity contribution >= 4 is 0 Å². The zero-order valence-electron chi connectivity index (χ0n) is 9.70. The van der Waals surface area contributed by atoms with Gasteiger partial charge in [-0.25, -0.2) is 0 Å². The van der Waals surface area contributed by atoms with E-state index in [1.54, 1.807) is 0 Å². The number of hydrogen-bond donors (Lipinski definition) is 1. The van der Waals surface area contributed by atoms with Gasteiger partial charge in [-0.1, -0.05) is 20.3 Å². The Hall–Kier alpha value is -0.120. The van der Waals surface area contributed by atoms with Gasteiger partial charge in [-0.15, -0.1) is 0 Å². The lowest BCUT2D eigenvalue weighted by Gasteiger charge is -2.34. The van der Waals surface area contributed by atoms with Crippen LogP contribution in [-0.4, -0.2) is 43.3 Å². The van der Waals surface area contributed by atoms with Crippen LogP contribution in [0.3, 0.4) is 0 Å². The number of hydrogen-bond acceptors (Lipinski definition) is 3. The quantitative estimate of drug-likeness (QED) is 0.738. The molecular formula is C11H24N2O. The fourth-order valence-corrected chi connectivity index (χ4v) is 1.84. The van der Waals surface area contributed by atoms with Gasteiger partial charge in [-0.2, -0.15) is 0 Å². The minimum atomic E-state index is 0.310. The lowest BCUT2D eigenvalue weighted by molar-refractivity contribution is -0.0213. The normalized spacial score (nSPS) is 28.7. The van der Waals surface area contributed by atoms with Crippen LogP contribution in [0.15, 0.2) is 0 Å². The van der Waals surface area contributed by atoms with Gasteiger partial charge in [0.05, 0.1) is 12.7 Å². The van der Waals surface area contributed by atoms with Crippen molar-refractivity contribution in [3.8, 4) is 0 Å². The lowest BCUT2D eigenvalue weighted by atomic mass is 9.99. The summed E-state index contributed by atoms with van der Waals surface area (Å²) in [5.74, 6) is 0.619. The first-order valence-electron chi connectivity index (χ1n) is 5.73. The molecule has 0 aromatic heterocycles. The van der Waals surface area contributed by atoms with Crippen LogP contribution in [0.25, 0.3) is 0 Å². The smallest absolute Gasteiger partial charge is 0.0674 e. The van der Waals surface area contributed by atoms with E-state index < -0.39 is 0 Å². The van der Waals surface area contributed by atoms with E-state index in [4.69, 9.17) is 10.5 Å². The van der Waals surface area contributed by atoms with Crippen molar-refractivity contribution in [2.75, 3.05) is 26.2 Å². The summed E-state index contributed by atoms with van der Waals surface area (Å²) in [5, 5.41) is 0. The molecule has 84 valence electrons. The highest BCUT2D eigenvalue weighted by molar-refractivity contribution is 4.76. The van der Waals surface area contributed by atoms with Crippen molar-refractivity contribution in [1.29, 1.82) is 0 Å². The van der Waals surface area contributed by atoms with Gasteiger partial charge in [-0.3, -0.25) is 4.90 Å². The Morgan fingerprint density at radius 3 is 2.86 bits per heavy atom. The number of nitrogens with zero attached hydrogens (tertiary/aromatic N) is 1. The molecule has 1 aliphatic rings. The molecule has 14 heavy (non-hydrogen) atoms. The van der Waals surface area contributed by atoms with Gasteiger partial charge in [-0.05, 0) is 12.8 Å². The molecule has 2 N–H and O–H groups in total. The molecule has 0 aromatic carbocycles. The van der Waals surface area contributed by atoms with Crippen molar-refractivity contribution in [2.24, 2.45) is 11.7 Å². The van der Waals surface area contributed by atoms with Gasteiger partial charge in [0.2, 0.25) is 0 Å². The molecule has 3 atom stereocenters. The van der Waals surface area contributed by atoms with E-state index in [-0.39, 0.29) is 0 Å². The van der Waals surface area contributed by atoms with Crippen molar-refractivity contribution < 1.29 is 4.74 Å². The first kappa shape index (κ1) is 12.0. The monoisotopic (exact) mass is 200 g/mol. The molecule has 3 heteroatoms. The molecule has 1 fully saturated rings. The fraction of sp³-hybridized carbons (Fsp3) is 1.00. The number of rotatable bonds is 4. The van der Waals surface area contributed by atoms with Crippen LogP contribution in [0.5, 0.6) is 0 Å². The molecule has 0 saturated carbocycles. The minimum absolute atomic E-state index is 0.310. The summed E-state index contributed by atoms with van der Waals surface area (Å²) in [4.78, 5) is 2.42. The Morgan fingerprint density at radius 2 is 2.29 bits per heavy atom. The highest BCUT2D eigenvalue weighted by atomic mass is 16.5. The van der Waals surface area contributed by atoms with E-state index in [1.165, 1.54) is 6.42 Å². The molecule has 1 heterocycles. The van der Waals surface area contributed by atoms with Gasteiger partial charge >= 0.3 is 0 Å². The van der Waals surface area contributed by atoms with Gasteiger partial charge < -0.3 is 10.5 Å². The SMILES string of the molecule is CCC(C)C(N)CN1CCOC(C)C1. The van der Waals surface area contributed by atoms with E-state index >= 15 is 0 Å². The number of nitrogens with two attached hydrogens (primary N) is 1. The second-order valence-electron chi connectivity index (χ2n) is 4.49. The summed E-state index contributed by atoms with van der Waals surface area (Å²) in [6.45, 7) is 10.5. The Morgan fingerprint density at radius 1 is 1.57 bits per heavy atom. The molecule has 1 rings (SSSR count). The van der Waals surface area contributed by atoms with Crippen LogP contribution >= 0.6 is 0 Å². The summed E-state index contributed by atoms with van der Waals surface area (Å²) in [5.41, 5.74) is 6.12. The van der Waals surface area contributed by atoms with Crippen molar-refractivity contribution in [2.45, 2.75) is 39.3 Å². The molecular weight excluding hydrogens is 176 g/mol. The molecule has 0 bridgehead atoms. The summed E-state index contributed by atoms with van der Waals surface area (Å²) in [7, 11) is 0. The van der Waals surface area contributed by atoms with Gasteiger partial charge in [0.15, 0.2) is 0 Å². The van der Waals surface area contributed by atoms with Crippen molar-refractivity contribution in [1.82, 2.24) is 4.90 Å². The van der Waals surface area contributed by atoms with Crippen molar-refractivity contribution in [3.05, 3.63) is 0 Å². The molecule has 0 aromatic rings. The van der Waals surface area contributed by atoms with E-state index in [2.05, 4.69) is 25.7 Å². The standard InChI is InChI=1S/C11H24N2O/c1-4-9(2)11(12)8-13-5-6-14-10(3)7-13/h9-11H,4-8,12H2,1-3H3. The molecule has 0 radical (unpaired) electrons. The van der Waals surface area contributed by atoms with Crippen molar-refractivity contribution in [3.63, 3.8) is 0 Å². The second-order valence-corrected chi connectivity index (χ2v) is 4.49. The van der Waals surface area contributed by atoms with E-state index in [0.717, 1.165) is 26.2 Å². The summed E-state index contributed by atoms with van der Waals surface area (Å²) >= 11 is 0. The average molecular weight is 200 g/mol. The Labute approximate surface area is 87.6 Å². The molecule has 0 amide bonds. The molecule has 0 aliphatic carbocycles. The summed E-state index contributed by atoms with van der Waals surface area (Å²) in [6.07, 6.45) is 1.54.